The molecule has 0 radical (unpaired) electrons. The summed E-state index contributed by atoms with van der Waals surface area (Å²) in [5.74, 6) is 0.686. The molecule has 0 atom stereocenters. The molecule has 8 aromatic carbocycles. The summed E-state index contributed by atoms with van der Waals surface area (Å²) in [5, 5.41) is 65.7. The Labute approximate surface area is 324 Å². The van der Waals surface area contributed by atoms with Gasteiger partial charge in [0.2, 0.25) is 0 Å². The molecule has 7 heteroatoms. The van der Waals surface area contributed by atoms with Crippen LogP contribution in [0.25, 0.3) is 65.3 Å². The Morgan fingerprint density at radius 2 is 0.472 bits per heavy atom. The van der Waals surface area contributed by atoms with Crippen molar-refractivity contribution >= 4 is 43.1 Å². The minimum Gasteiger partial charge on any atom is -0.507 e. The molecule has 8 rings (SSSR count). The molecule has 0 fully saturated rings. The van der Waals surface area contributed by atoms with Gasteiger partial charge in [0.25, 0.3) is 0 Å². The van der Waals surface area contributed by atoms with Gasteiger partial charge >= 0.3 is 0 Å². The molecule has 0 aliphatic heterocycles. The smallest absolute Gasteiger partial charge is 0.124 e. The molecule has 0 bridgehead atoms. The van der Waals surface area contributed by atoms with E-state index in [1.54, 1.807) is 52.0 Å². The van der Waals surface area contributed by atoms with E-state index >= 15 is 0 Å². The normalized spacial score (nSPS) is 10.6. The number of rotatable bonds is 2. The molecule has 6 nitrogen and oxygen atoms in total. The first-order valence-electron chi connectivity index (χ1n) is 17.2. The minimum absolute atomic E-state index is 0. The molecular weight excluding hydrogens is 696 g/mol. The predicted molar refractivity (Wildman–Crippen MR) is 215 cm³/mol. The molecule has 0 spiro atoms. The van der Waals surface area contributed by atoms with Crippen molar-refractivity contribution in [1.82, 2.24) is 0 Å². The summed E-state index contributed by atoms with van der Waals surface area (Å²) >= 11 is 0. The summed E-state index contributed by atoms with van der Waals surface area (Å²) in [6.07, 6.45) is -0.333. The van der Waals surface area contributed by atoms with E-state index in [0.717, 1.165) is 43.1 Å². The molecule has 53 heavy (non-hydrogen) atoms. The first-order chi connectivity index (χ1) is 25.0. The van der Waals surface area contributed by atoms with Crippen molar-refractivity contribution in [3.63, 3.8) is 0 Å². The van der Waals surface area contributed by atoms with Crippen LogP contribution < -0.4 is 0 Å². The topological polar surface area (TPSA) is 121 Å². The summed E-state index contributed by atoms with van der Waals surface area (Å²) in [4.78, 5) is 0. The average Bonchev–Trinajstić information content (AvgIpc) is 3.12. The molecule has 0 amide bonds. The van der Waals surface area contributed by atoms with Crippen molar-refractivity contribution in [2.24, 2.45) is 0 Å². The van der Waals surface area contributed by atoms with Gasteiger partial charge in [0.15, 0.2) is 0 Å². The second-order valence-corrected chi connectivity index (χ2v) is 12.9. The SMILES string of the molecule is CC(C)O.CC(C)O.Oc1ccc2ccccc2c1-c1c(O)ccc2ccccc12.Oc1ccc2ccccc2c1-c1c(O)ccc2ccccc12.[Ti]. The molecule has 0 saturated carbocycles. The van der Waals surface area contributed by atoms with Crippen molar-refractivity contribution in [2.75, 3.05) is 0 Å². The van der Waals surface area contributed by atoms with Crippen molar-refractivity contribution in [1.29, 1.82) is 0 Å². The number of aliphatic hydroxyl groups is 2. The molecule has 6 N–H and O–H groups in total. The van der Waals surface area contributed by atoms with Crippen LogP contribution in [0.1, 0.15) is 27.7 Å². The summed E-state index contributed by atoms with van der Waals surface area (Å²) in [7, 11) is 0. The van der Waals surface area contributed by atoms with Crippen molar-refractivity contribution in [3.8, 4) is 45.3 Å². The zero-order chi connectivity index (χ0) is 37.4. The maximum absolute atomic E-state index is 10.4. The van der Waals surface area contributed by atoms with Gasteiger partial charge in [-0.1, -0.05) is 121 Å². The van der Waals surface area contributed by atoms with E-state index in [-0.39, 0.29) is 56.9 Å². The number of fused-ring (bicyclic) bond motifs is 4. The number of hydrogen-bond acceptors (Lipinski definition) is 6. The fourth-order valence-corrected chi connectivity index (χ4v) is 6.09. The third-order valence-electron chi connectivity index (χ3n) is 8.13. The van der Waals surface area contributed by atoms with Crippen LogP contribution in [-0.4, -0.2) is 42.8 Å². The van der Waals surface area contributed by atoms with Crippen LogP contribution in [-0.2, 0) is 21.7 Å². The van der Waals surface area contributed by atoms with Gasteiger partial charge in [0.05, 0.1) is 0 Å². The maximum atomic E-state index is 10.4. The van der Waals surface area contributed by atoms with E-state index in [1.165, 1.54) is 0 Å². The van der Waals surface area contributed by atoms with Crippen LogP contribution in [0.3, 0.4) is 0 Å². The summed E-state index contributed by atoms with van der Waals surface area (Å²) in [5.41, 5.74) is 2.69. The third kappa shape index (κ3) is 9.55. The van der Waals surface area contributed by atoms with Crippen LogP contribution in [0.5, 0.6) is 23.0 Å². The van der Waals surface area contributed by atoms with E-state index in [2.05, 4.69) is 0 Å². The number of aliphatic hydroxyl groups excluding tert-OH is 2. The molecule has 0 aliphatic carbocycles. The van der Waals surface area contributed by atoms with Crippen molar-refractivity contribution in [2.45, 2.75) is 39.9 Å². The zero-order valence-corrected chi connectivity index (χ0v) is 31.8. The number of benzene rings is 8. The van der Waals surface area contributed by atoms with Crippen LogP contribution in [0, 0.1) is 0 Å². The molecule has 268 valence electrons. The minimum atomic E-state index is -0.167. The summed E-state index contributed by atoms with van der Waals surface area (Å²) in [6.45, 7) is 6.89. The molecule has 0 unspecified atom stereocenters. The number of phenolic OH excluding ortho intramolecular Hbond substituents is 4. The Balaban J connectivity index is 0.000000194. The predicted octanol–water partition coefficient (Wildman–Crippen LogP) is 10.9. The molecule has 0 heterocycles. The molecular formula is C46H44O6Ti. The summed E-state index contributed by atoms with van der Waals surface area (Å²) < 4.78 is 0. The Hall–Kier alpha value is -5.37. The largest absolute Gasteiger partial charge is 0.507 e. The number of aromatic hydroxyl groups is 4. The van der Waals surface area contributed by atoms with Crippen LogP contribution >= 0.6 is 0 Å². The van der Waals surface area contributed by atoms with E-state index < -0.39 is 0 Å². The Morgan fingerprint density at radius 1 is 0.302 bits per heavy atom. The van der Waals surface area contributed by atoms with Gasteiger partial charge in [0, 0.05) is 56.2 Å². The van der Waals surface area contributed by atoms with Gasteiger partial charge in [-0.05, 0) is 95.1 Å². The van der Waals surface area contributed by atoms with Crippen LogP contribution in [0.15, 0.2) is 146 Å². The molecule has 8 aromatic rings. The first-order valence-corrected chi connectivity index (χ1v) is 17.2. The Bertz CT molecular complexity index is 2110. The fourth-order valence-electron chi connectivity index (χ4n) is 6.09. The first kappa shape index (κ1) is 40.4. The maximum Gasteiger partial charge on any atom is 0.124 e. The Kier molecular flexibility index (Phi) is 14.0. The van der Waals surface area contributed by atoms with Gasteiger partial charge in [-0.3, -0.25) is 0 Å². The van der Waals surface area contributed by atoms with Gasteiger partial charge < -0.3 is 30.6 Å². The quantitative estimate of drug-likeness (QED) is 0.0982. The van der Waals surface area contributed by atoms with E-state index in [9.17, 15) is 20.4 Å². The van der Waals surface area contributed by atoms with E-state index in [0.29, 0.717) is 22.3 Å². The summed E-state index contributed by atoms with van der Waals surface area (Å²) in [6, 6.07) is 45.7. The second kappa shape index (κ2) is 18.4. The standard InChI is InChI=1S/2C20H14O2.2C3H8O.Ti/c2*21-17-11-9-13-5-1-3-7-15(13)19(17)20-16-8-4-2-6-14(16)10-12-18(20)22;2*1-3(2)4;/h2*1-12,21-22H;2*3-4H,1-2H3;. The van der Waals surface area contributed by atoms with Gasteiger partial charge in [-0.25, -0.2) is 0 Å². The van der Waals surface area contributed by atoms with Gasteiger partial charge in [-0.15, -0.1) is 0 Å². The van der Waals surface area contributed by atoms with E-state index in [4.69, 9.17) is 10.2 Å². The average molecular weight is 741 g/mol. The van der Waals surface area contributed by atoms with Crippen LogP contribution in [0.4, 0.5) is 0 Å². The number of hydrogen-bond donors (Lipinski definition) is 6. The van der Waals surface area contributed by atoms with Gasteiger partial charge in [0.1, 0.15) is 23.0 Å². The van der Waals surface area contributed by atoms with Crippen molar-refractivity contribution in [3.05, 3.63) is 146 Å². The Morgan fingerprint density at radius 3 is 0.660 bits per heavy atom. The fraction of sp³-hybridized carbons (Fsp3) is 0.130. The molecule has 0 aliphatic rings. The van der Waals surface area contributed by atoms with Crippen molar-refractivity contribution < 1.29 is 52.4 Å². The monoisotopic (exact) mass is 740 g/mol. The molecule has 0 aromatic heterocycles. The second-order valence-electron chi connectivity index (χ2n) is 12.9. The van der Waals surface area contributed by atoms with Gasteiger partial charge in [-0.2, -0.15) is 0 Å². The third-order valence-corrected chi connectivity index (χ3v) is 8.13. The number of phenols is 4. The van der Waals surface area contributed by atoms with Crippen LogP contribution in [0.2, 0.25) is 0 Å². The molecule has 0 saturated heterocycles. The van der Waals surface area contributed by atoms with E-state index in [1.807, 2.05) is 121 Å². The zero-order valence-electron chi connectivity index (χ0n) is 30.2.